The van der Waals surface area contributed by atoms with Gasteiger partial charge >= 0.3 is 0 Å². The molecule has 2 aliphatic rings. The van der Waals surface area contributed by atoms with Crippen LogP contribution in [0.5, 0.6) is 0 Å². The molecule has 0 amide bonds. The smallest absolute Gasteiger partial charge is 0.0648 e. The Hall–Kier alpha value is -2.13. The Labute approximate surface area is 131 Å². The molecule has 1 fully saturated rings. The van der Waals surface area contributed by atoms with Crippen LogP contribution in [0.25, 0.3) is 10.9 Å². The number of nitrogens with zero attached hydrogens (tertiary/aromatic N) is 2. The first-order valence-corrected chi connectivity index (χ1v) is 8.08. The Morgan fingerprint density at radius 1 is 1.18 bits per heavy atom. The molecule has 1 aliphatic carbocycles. The molecule has 1 aromatic carbocycles. The van der Waals surface area contributed by atoms with Crippen LogP contribution in [-0.4, -0.2) is 16.3 Å². The number of hydrogen-bond acceptors (Lipinski definition) is 2. The molecular weight excluding hydrogens is 270 g/mol. The summed E-state index contributed by atoms with van der Waals surface area (Å²) in [6.45, 7) is 1.78. The first-order chi connectivity index (χ1) is 10.9. The van der Waals surface area contributed by atoms with E-state index in [2.05, 4.69) is 63.6 Å². The van der Waals surface area contributed by atoms with E-state index in [1.165, 1.54) is 29.3 Å². The van der Waals surface area contributed by atoms with Gasteiger partial charge in [0.1, 0.15) is 0 Å². The first kappa shape index (κ1) is 13.5. The molecule has 2 heterocycles. The standard InChI is InChI=1S/C19H21N3/c1-2-6-17(20-11-5-1)14-22-13-15(12-21-16-9-10-16)18-7-3-4-8-19(18)22/h2-8,11,13,16,21H,1,9-10,12,14H2. The summed E-state index contributed by atoms with van der Waals surface area (Å²) in [4.78, 5) is 4.53. The molecule has 0 saturated heterocycles. The predicted molar refractivity (Wildman–Crippen MR) is 92.1 cm³/mol. The molecule has 1 aliphatic heterocycles. The second-order valence-electron chi connectivity index (χ2n) is 6.10. The van der Waals surface area contributed by atoms with Crippen LogP contribution in [0.15, 0.2) is 59.9 Å². The zero-order chi connectivity index (χ0) is 14.8. The van der Waals surface area contributed by atoms with Gasteiger partial charge in [0.25, 0.3) is 0 Å². The van der Waals surface area contributed by atoms with Crippen LogP contribution in [-0.2, 0) is 13.1 Å². The Bertz CT molecular complexity index is 760. The van der Waals surface area contributed by atoms with Gasteiger partial charge in [-0.25, -0.2) is 0 Å². The largest absolute Gasteiger partial charge is 0.341 e. The summed E-state index contributed by atoms with van der Waals surface area (Å²) in [7, 11) is 0. The summed E-state index contributed by atoms with van der Waals surface area (Å²) >= 11 is 0. The van der Waals surface area contributed by atoms with Crippen LogP contribution >= 0.6 is 0 Å². The molecule has 22 heavy (non-hydrogen) atoms. The van der Waals surface area contributed by atoms with E-state index in [-0.39, 0.29) is 0 Å². The Kier molecular flexibility index (Phi) is 3.65. The monoisotopic (exact) mass is 291 g/mol. The van der Waals surface area contributed by atoms with Gasteiger partial charge < -0.3 is 9.88 Å². The molecule has 3 nitrogen and oxygen atoms in total. The SMILES string of the molecule is C1=CN=C(Cn2cc(CNC3CC3)c3ccccc32)C=CC1. The highest BCUT2D eigenvalue weighted by Crippen LogP contribution is 2.24. The third-order valence-corrected chi connectivity index (χ3v) is 4.29. The van der Waals surface area contributed by atoms with Crippen LogP contribution < -0.4 is 5.32 Å². The zero-order valence-corrected chi connectivity index (χ0v) is 12.7. The second-order valence-corrected chi connectivity index (χ2v) is 6.10. The topological polar surface area (TPSA) is 29.3 Å². The van der Waals surface area contributed by atoms with Crippen LogP contribution in [0, 0.1) is 0 Å². The number of benzene rings is 1. The fraction of sp³-hybridized carbons (Fsp3) is 0.316. The number of aromatic nitrogens is 1. The van der Waals surface area contributed by atoms with Crippen LogP contribution in [0.4, 0.5) is 0 Å². The summed E-state index contributed by atoms with van der Waals surface area (Å²) in [6, 6.07) is 9.40. The molecule has 1 N–H and O–H groups in total. The van der Waals surface area contributed by atoms with Crippen molar-refractivity contribution < 1.29 is 0 Å². The molecular formula is C19H21N3. The van der Waals surface area contributed by atoms with Gasteiger partial charge in [-0.2, -0.15) is 0 Å². The van der Waals surface area contributed by atoms with Crippen molar-refractivity contribution in [2.24, 2.45) is 4.99 Å². The van der Waals surface area contributed by atoms with E-state index < -0.39 is 0 Å². The normalized spacial score (nSPS) is 17.7. The molecule has 112 valence electrons. The lowest BCUT2D eigenvalue weighted by Gasteiger charge is -2.04. The van der Waals surface area contributed by atoms with Gasteiger partial charge in [-0.1, -0.05) is 30.4 Å². The molecule has 0 atom stereocenters. The molecule has 1 saturated carbocycles. The van der Waals surface area contributed by atoms with E-state index in [0.717, 1.165) is 31.3 Å². The van der Waals surface area contributed by atoms with Gasteiger partial charge in [0.2, 0.25) is 0 Å². The minimum absolute atomic E-state index is 0.737. The van der Waals surface area contributed by atoms with Crippen molar-refractivity contribution in [3.63, 3.8) is 0 Å². The minimum atomic E-state index is 0.737. The second kappa shape index (κ2) is 5.93. The summed E-state index contributed by atoms with van der Waals surface area (Å²) in [5.41, 5.74) is 3.78. The van der Waals surface area contributed by atoms with Crippen LogP contribution in [0.3, 0.4) is 0 Å². The molecule has 2 aromatic rings. The zero-order valence-electron chi connectivity index (χ0n) is 12.7. The van der Waals surface area contributed by atoms with E-state index in [0.29, 0.717) is 0 Å². The van der Waals surface area contributed by atoms with Gasteiger partial charge in [0.05, 0.1) is 12.3 Å². The number of rotatable bonds is 5. The molecule has 1 aromatic heterocycles. The number of para-hydroxylation sites is 1. The summed E-state index contributed by atoms with van der Waals surface area (Å²) in [6.07, 6.45) is 14.2. The van der Waals surface area contributed by atoms with Gasteiger partial charge in [0, 0.05) is 35.9 Å². The quantitative estimate of drug-likeness (QED) is 0.892. The highest BCUT2D eigenvalue weighted by Gasteiger charge is 2.20. The van der Waals surface area contributed by atoms with Crippen molar-refractivity contribution in [2.75, 3.05) is 0 Å². The highest BCUT2D eigenvalue weighted by molar-refractivity contribution is 5.96. The Morgan fingerprint density at radius 2 is 2.09 bits per heavy atom. The first-order valence-electron chi connectivity index (χ1n) is 8.08. The van der Waals surface area contributed by atoms with E-state index >= 15 is 0 Å². The number of hydrogen-bond donors (Lipinski definition) is 1. The number of allylic oxidation sites excluding steroid dienone is 3. The maximum atomic E-state index is 4.53. The van der Waals surface area contributed by atoms with Gasteiger partial charge in [0.15, 0.2) is 0 Å². The number of fused-ring (bicyclic) bond motifs is 1. The minimum Gasteiger partial charge on any atom is -0.341 e. The molecule has 3 heteroatoms. The van der Waals surface area contributed by atoms with Crippen molar-refractivity contribution in [1.82, 2.24) is 9.88 Å². The Balaban J connectivity index is 1.64. The van der Waals surface area contributed by atoms with E-state index in [9.17, 15) is 0 Å². The van der Waals surface area contributed by atoms with Crippen molar-refractivity contribution in [2.45, 2.75) is 38.4 Å². The lowest BCUT2D eigenvalue weighted by Crippen LogP contribution is -2.15. The Morgan fingerprint density at radius 3 is 3.00 bits per heavy atom. The van der Waals surface area contributed by atoms with Crippen LogP contribution in [0.1, 0.15) is 24.8 Å². The van der Waals surface area contributed by atoms with Crippen molar-refractivity contribution >= 4 is 16.6 Å². The summed E-state index contributed by atoms with van der Waals surface area (Å²) in [5.74, 6) is 0. The van der Waals surface area contributed by atoms with E-state index in [4.69, 9.17) is 0 Å². The maximum absolute atomic E-state index is 4.53. The highest BCUT2D eigenvalue weighted by atomic mass is 15.0. The van der Waals surface area contributed by atoms with Gasteiger partial charge in [-0.3, -0.25) is 4.99 Å². The third kappa shape index (κ3) is 2.90. The van der Waals surface area contributed by atoms with E-state index in [1.807, 2.05) is 6.20 Å². The van der Waals surface area contributed by atoms with Crippen molar-refractivity contribution in [3.8, 4) is 0 Å². The average molecular weight is 291 g/mol. The van der Waals surface area contributed by atoms with Crippen LogP contribution in [0.2, 0.25) is 0 Å². The van der Waals surface area contributed by atoms with E-state index in [1.54, 1.807) is 0 Å². The molecule has 0 radical (unpaired) electrons. The molecule has 0 unspecified atom stereocenters. The van der Waals surface area contributed by atoms with Crippen molar-refractivity contribution in [3.05, 3.63) is 60.5 Å². The molecule has 0 bridgehead atoms. The maximum Gasteiger partial charge on any atom is 0.0648 e. The fourth-order valence-corrected chi connectivity index (χ4v) is 2.94. The van der Waals surface area contributed by atoms with Gasteiger partial charge in [-0.05, 0) is 37.0 Å². The summed E-state index contributed by atoms with van der Waals surface area (Å²) < 4.78 is 2.32. The molecule has 4 rings (SSSR count). The lowest BCUT2D eigenvalue weighted by molar-refractivity contribution is 0.688. The predicted octanol–water partition coefficient (Wildman–Crippen LogP) is 3.81. The summed E-state index contributed by atoms with van der Waals surface area (Å²) in [5, 5.41) is 4.97. The average Bonchev–Trinajstić information content (AvgIpc) is 3.34. The number of aliphatic imine (C=N–C) groups is 1. The fourth-order valence-electron chi connectivity index (χ4n) is 2.94. The third-order valence-electron chi connectivity index (χ3n) is 4.29. The lowest BCUT2D eigenvalue weighted by atomic mass is 10.2. The van der Waals surface area contributed by atoms with Crippen molar-refractivity contribution in [1.29, 1.82) is 0 Å². The number of nitrogens with one attached hydrogen (secondary N) is 1. The van der Waals surface area contributed by atoms with Gasteiger partial charge in [-0.15, -0.1) is 0 Å². The molecule has 0 spiro atoms.